The molecular formula is C48H64N4O13. The van der Waals surface area contributed by atoms with Gasteiger partial charge in [0.15, 0.2) is 5.75 Å². The Morgan fingerprint density at radius 1 is 0.938 bits per heavy atom. The molecule has 1 spiro atoms. The predicted octanol–water partition coefficient (Wildman–Crippen LogP) is 6.95. The minimum Gasteiger partial charge on any atom is -0.507 e. The topological polar surface area (TPSA) is 235 Å². The maximum absolute atomic E-state index is 14.8. The molecule has 17 heteroatoms. The fraction of sp³-hybridized carbons (Fsp3) is 0.562. The fourth-order valence-electron chi connectivity index (χ4n) is 9.12. The Morgan fingerprint density at radius 2 is 1.60 bits per heavy atom. The van der Waals surface area contributed by atoms with Crippen LogP contribution in [0.4, 0.5) is 21.9 Å². The molecule has 2 aromatic carbocycles. The third-order valence-electron chi connectivity index (χ3n) is 13.1. The number of ketones is 1. The van der Waals surface area contributed by atoms with E-state index in [-0.39, 0.29) is 50.3 Å². The molecule has 4 bridgehead atoms. The summed E-state index contributed by atoms with van der Waals surface area (Å²) in [5.41, 5.74) is -1.11. The molecule has 65 heavy (non-hydrogen) atoms. The molecule has 17 nitrogen and oxygen atoms in total. The summed E-state index contributed by atoms with van der Waals surface area (Å²) in [6, 6.07) is 0. The number of aliphatic imine (C=N–C) groups is 1. The average Bonchev–Trinajstić information content (AvgIpc) is 3.51. The number of hydrogen-bond donors (Lipinski definition) is 6. The van der Waals surface area contributed by atoms with Gasteiger partial charge in [-0.3, -0.25) is 19.4 Å². The molecule has 4 aliphatic heterocycles. The second kappa shape index (κ2) is 18.3. The minimum atomic E-state index is -2.01. The van der Waals surface area contributed by atoms with Crippen LogP contribution in [0.1, 0.15) is 98.0 Å². The smallest absolute Gasteiger partial charge is 0.410 e. The number of allylic oxidation sites excluding steroid dienone is 2. The second-order valence-corrected chi connectivity index (χ2v) is 19.1. The maximum Gasteiger partial charge on any atom is 0.410 e. The molecule has 4 aliphatic rings. The molecule has 0 radical (unpaired) electrons. The van der Waals surface area contributed by atoms with Crippen LogP contribution >= 0.6 is 0 Å². The van der Waals surface area contributed by atoms with Gasteiger partial charge in [0.2, 0.25) is 0 Å². The first kappa shape index (κ1) is 48.8. The Hall–Kier alpha value is -5.65. The first-order valence-electron chi connectivity index (χ1n) is 22.1. The maximum atomic E-state index is 14.8. The van der Waals surface area contributed by atoms with Crippen LogP contribution < -0.4 is 15.4 Å². The number of nitrogens with zero attached hydrogens (tertiary/aromatic N) is 2. The lowest BCUT2D eigenvalue weighted by Crippen LogP contribution is -2.53. The molecule has 0 aromatic heterocycles. The molecule has 0 saturated carbocycles. The first-order chi connectivity index (χ1) is 30.3. The molecular weight excluding hydrogens is 841 g/mol. The number of phenols is 2. The third kappa shape index (κ3) is 9.41. The molecule has 4 heterocycles. The largest absolute Gasteiger partial charge is 0.507 e. The van der Waals surface area contributed by atoms with Gasteiger partial charge in [0, 0.05) is 80.5 Å². The fourth-order valence-corrected chi connectivity index (χ4v) is 9.12. The van der Waals surface area contributed by atoms with Crippen LogP contribution in [0.15, 0.2) is 41.1 Å². The highest BCUT2D eigenvalue weighted by atomic mass is 16.7. The molecule has 0 unspecified atom stereocenters. The number of piperidine rings is 1. The molecule has 1 saturated heterocycles. The average molecular weight is 905 g/mol. The van der Waals surface area contributed by atoms with Crippen LogP contribution in [0.25, 0.3) is 10.8 Å². The number of amides is 2. The van der Waals surface area contributed by atoms with Crippen molar-refractivity contribution in [2.24, 2.45) is 28.7 Å². The van der Waals surface area contributed by atoms with Crippen LogP contribution in [0.3, 0.4) is 0 Å². The molecule has 9 atom stereocenters. The normalized spacial score (nSPS) is 29.4. The van der Waals surface area contributed by atoms with E-state index >= 15 is 0 Å². The number of carbonyl (C=O) groups is 4. The number of esters is 1. The lowest BCUT2D eigenvalue weighted by atomic mass is 9.78. The van der Waals surface area contributed by atoms with E-state index in [1.54, 1.807) is 78.7 Å². The van der Waals surface area contributed by atoms with E-state index in [2.05, 4.69) is 10.6 Å². The number of carbonyl (C=O) groups excluding carboxylic acids is 4. The number of aliphatic hydroxyl groups is 2. The number of aromatic hydroxyl groups is 2. The first-order valence-corrected chi connectivity index (χ1v) is 22.1. The number of ether oxygens (including phenoxy) is 5. The van der Waals surface area contributed by atoms with Crippen molar-refractivity contribution in [1.82, 2.24) is 4.90 Å². The van der Waals surface area contributed by atoms with E-state index in [1.165, 1.54) is 46.3 Å². The second-order valence-electron chi connectivity index (χ2n) is 19.1. The van der Waals surface area contributed by atoms with Crippen LogP contribution in [0.2, 0.25) is 0 Å². The highest BCUT2D eigenvalue weighted by Crippen LogP contribution is 2.58. The van der Waals surface area contributed by atoms with Crippen LogP contribution in [0, 0.1) is 30.6 Å². The van der Waals surface area contributed by atoms with Crippen LogP contribution in [-0.2, 0) is 28.5 Å². The molecule has 2 amide bonds. The Morgan fingerprint density at radius 3 is 2.22 bits per heavy atom. The van der Waals surface area contributed by atoms with E-state index in [9.17, 15) is 39.6 Å². The Labute approximate surface area is 379 Å². The van der Waals surface area contributed by atoms with Gasteiger partial charge < -0.3 is 59.6 Å². The standard InChI is InChI=1S/C48H64N4O13/c1-23-14-13-15-24(2)44(59)50-36-35-34(51-48(22-49-35)17-19-52(20-18-48)45(60)65-46(8,9)10)31-32(40(36)57)39(56)28(6)42-33(31)43(58)47(11,64-42)62-21-16-30(61-12)25(3)41(63-29(7)53)27(5)38(55)26(4)37(23)54/h13-16,21-23,25-27,30,37-38,41,51,54-57H,17-20H2,1-12H3,(H,50,59)/t23-,25+,26+,27+,30-,37-,38+,41+,47-/m0/s1. The van der Waals surface area contributed by atoms with E-state index in [0.717, 1.165) is 0 Å². The number of hydrogen-bond acceptors (Lipinski definition) is 15. The summed E-state index contributed by atoms with van der Waals surface area (Å²) in [7, 11) is 1.45. The number of anilines is 2. The summed E-state index contributed by atoms with van der Waals surface area (Å²) in [5, 5.41) is 53.3. The third-order valence-corrected chi connectivity index (χ3v) is 13.1. The van der Waals surface area contributed by atoms with Crippen molar-refractivity contribution >= 4 is 57.8 Å². The number of aliphatic hydroxyl groups excluding tert-OH is 2. The summed E-state index contributed by atoms with van der Waals surface area (Å²) in [4.78, 5) is 60.7. The van der Waals surface area contributed by atoms with Crippen molar-refractivity contribution in [2.45, 2.75) is 130 Å². The van der Waals surface area contributed by atoms with Crippen molar-refractivity contribution in [3.63, 3.8) is 0 Å². The van der Waals surface area contributed by atoms with Crippen molar-refractivity contribution < 1.29 is 63.3 Å². The highest BCUT2D eigenvalue weighted by Gasteiger charge is 2.51. The van der Waals surface area contributed by atoms with Crippen molar-refractivity contribution in [3.8, 4) is 17.2 Å². The predicted molar refractivity (Wildman–Crippen MR) is 244 cm³/mol. The number of rotatable bonds is 2. The number of methoxy groups -OCH3 is 1. The number of likely N-dealkylation sites (tertiary alicyclic amines) is 1. The Bertz CT molecular complexity index is 2360. The summed E-state index contributed by atoms with van der Waals surface area (Å²) in [5.74, 6) is -7.34. The van der Waals surface area contributed by atoms with Crippen LogP contribution in [0.5, 0.6) is 17.2 Å². The molecule has 6 N–H and O–H groups in total. The molecule has 6 rings (SSSR count). The zero-order valence-corrected chi connectivity index (χ0v) is 39.3. The van der Waals surface area contributed by atoms with Crippen LogP contribution in [-0.4, -0.2) is 117 Å². The van der Waals surface area contributed by atoms with Gasteiger partial charge in [0.1, 0.15) is 34.6 Å². The molecule has 2 aromatic rings. The number of phenolic OH excluding ortho intramolecular Hbond substituents is 2. The number of fused-ring (bicyclic) bond motifs is 1. The SMILES string of the molecule is CO[C@H]1C=CO[C@@]2(C)Oc3c(C)c(O)c4c(O)c(c5c(c4c3C2=O)NC2(C=N5)CCN(C(=O)OC(C)(C)C)CC2)NC(=O)C(C)=CC=C[C@H](C)[C@H](O)[C@@H](C)[C@@H](O)[C@@H](C)[C@H](OC(C)=O)[C@@H]1C. The van der Waals surface area contributed by atoms with Gasteiger partial charge in [0.05, 0.1) is 46.7 Å². The van der Waals surface area contributed by atoms with Gasteiger partial charge in [-0.2, -0.15) is 0 Å². The van der Waals surface area contributed by atoms with Gasteiger partial charge >= 0.3 is 17.8 Å². The summed E-state index contributed by atoms with van der Waals surface area (Å²) >= 11 is 0. The van der Waals surface area contributed by atoms with E-state index in [4.69, 9.17) is 28.7 Å². The van der Waals surface area contributed by atoms with Gasteiger partial charge in [-0.05, 0) is 53.5 Å². The van der Waals surface area contributed by atoms with Gasteiger partial charge in [-0.15, -0.1) is 0 Å². The van der Waals surface area contributed by atoms with E-state index in [1.807, 2.05) is 0 Å². The van der Waals surface area contributed by atoms with Gasteiger partial charge in [-0.1, -0.05) is 45.9 Å². The molecule has 1 fully saturated rings. The highest BCUT2D eigenvalue weighted by molar-refractivity contribution is 6.26. The molecule has 354 valence electrons. The van der Waals surface area contributed by atoms with Crippen molar-refractivity contribution in [3.05, 3.63) is 47.3 Å². The van der Waals surface area contributed by atoms with E-state index in [0.29, 0.717) is 25.9 Å². The van der Waals surface area contributed by atoms with Crippen molar-refractivity contribution in [2.75, 3.05) is 30.8 Å². The quantitative estimate of drug-likeness (QED) is 0.102. The lowest BCUT2D eigenvalue weighted by Gasteiger charge is -2.43. The minimum absolute atomic E-state index is 0.00421. The number of nitrogens with one attached hydrogen (secondary N) is 2. The summed E-state index contributed by atoms with van der Waals surface area (Å²) in [6.07, 6.45) is 5.65. The summed E-state index contributed by atoms with van der Waals surface area (Å²) < 4.78 is 29.6. The Balaban J connectivity index is 1.51. The number of benzene rings is 2. The van der Waals surface area contributed by atoms with E-state index < -0.39 is 100 Å². The summed E-state index contributed by atoms with van der Waals surface area (Å²) in [6.45, 7) is 18.7. The Kier molecular flexibility index (Phi) is 13.8. The van der Waals surface area contributed by atoms with Gasteiger partial charge in [-0.25, -0.2) is 4.79 Å². The zero-order valence-electron chi connectivity index (χ0n) is 39.3. The molecule has 0 aliphatic carbocycles. The van der Waals surface area contributed by atoms with Gasteiger partial charge in [0.25, 0.3) is 11.7 Å². The monoisotopic (exact) mass is 904 g/mol. The zero-order chi connectivity index (χ0) is 48.1. The number of Topliss-reactive ketones (excluding diaryl/α,β-unsaturated/α-hetero) is 1. The van der Waals surface area contributed by atoms with Crippen molar-refractivity contribution in [1.29, 1.82) is 0 Å². The lowest BCUT2D eigenvalue weighted by molar-refractivity contribution is -0.160.